The fourth-order valence-electron chi connectivity index (χ4n) is 0.904. The lowest BCUT2D eigenvalue weighted by Crippen LogP contribution is -2.66. The number of hydrogen-bond donors (Lipinski definition) is 0. The molecule has 60 valence electrons. The average Bonchev–Trinajstić information content (AvgIpc) is 2.05. The second kappa shape index (κ2) is 2.68. The number of aldehydes is 1. The van der Waals surface area contributed by atoms with Crippen LogP contribution in [0.1, 0.15) is 6.92 Å². The summed E-state index contributed by atoms with van der Waals surface area (Å²) >= 11 is 0. The van der Waals surface area contributed by atoms with Crippen LogP contribution >= 0.6 is 0 Å². The first-order chi connectivity index (χ1) is 5.63. The Hall–Kier alpha value is -1.80. The molecule has 4 nitrogen and oxygen atoms in total. The summed E-state index contributed by atoms with van der Waals surface area (Å²) in [5, 5.41) is -0.686. The molecule has 1 aromatic carbocycles. The molecule has 0 atom stereocenters. The third-order valence-corrected chi connectivity index (χ3v) is 1.58. The first kappa shape index (κ1) is 8.30. The van der Waals surface area contributed by atoms with E-state index in [4.69, 9.17) is 0 Å². The lowest BCUT2D eigenvalue weighted by atomic mass is 10.1. The molecular formula is C8H4O4. The van der Waals surface area contributed by atoms with Crippen LogP contribution in [0.3, 0.4) is 0 Å². The number of carbonyl (C=O) groups is 1. The highest BCUT2D eigenvalue weighted by molar-refractivity contribution is 5.97. The molecule has 0 unspecified atom stereocenters. The van der Waals surface area contributed by atoms with E-state index < -0.39 is 16.1 Å². The summed E-state index contributed by atoms with van der Waals surface area (Å²) in [4.78, 5) is 41.8. The quantitative estimate of drug-likeness (QED) is 0.419. The number of rotatable bonds is 1. The second-order valence-electron chi connectivity index (χ2n) is 2.31. The molecule has 0 aromatic heterocycles. The van der Waals surface area contributed by atoms with E-state index in [1.807, 2.05) is 0 Å². The van der Waals surface area contributed by atoms with Crippen LogP contribution in [0.5, 0.6) is 0 Å². The van der Waals surface area contributed by atoms with Crippen LogP contribution in [0, 0.1) is 0 Å². The zero-order chi connectivity index (χ0) is 9.30. The zero-order valence-electron chi connectivity index (χ0n) is 6.21. The molecule has 0 saturated carbocycles. The van der Waals surface area contributed by atoms with Crippen LogP contribution in [-0.4, -0.2) is 12.2 Å². The Morgan fingerprint density at radius 3 is 2.17 bits per heavy atom. The van der Waals surface area contributed by atoms with E-state index in [1.165, 1.54) is 12.9 Å². The fraction of sp³-hybridized carbons (Fsp3) is 0.125. The summed E-state index contributed by atoms with van der Waals surface area (Å²) in [7, 11) is 0. The van der Waals surface area contributed by atoms with Gasteiger partial charge in [0.25, 0.3) is 0 Å². The molecule has 12 heavy (non-hydrogen) atoms. The van der Waals surface area contributed by atoms with Crippen molar-refractivity contribution in [3.05, 3.63) is 30.9 Å². The molecule has 1 aromatic rings. The van der Waals surface area contributed by atoms with E-state index in [9.17, 15) is 19.2 Å². The van der Waals surface area contributed by atoms with Gasteiger partial charge in [0.2, 0.25) is 10.9 Å². The highest BCUT2D eigenvalue weighted by atomic mass is 16.1. The lowest BCUT2D eigenvalue weighted by molar-refractivity contribution is -0.103. The summed E-state index contributed by atoms with van der Waals surface area (Å²) in [5.74, 6) is 1.23. The average molecular weight is 164 g/mol. The minimum atomic E-state index is -0.681. The Balaban J connectivity index is 3.91. The van der Waals surface area contributed by atoms with Gasteiger partial charge in [-0.05, 0) is 6.92 Å². The maximum absolute atomic E-state index is 10.9. The topological polar surface area (TPSA) is 68.3 Å². The van der Waals surface area contributed by atoms with Gasteiger partial charge in [0, 0.05) is 5.57 Å². The second-order valence-corrected chi connectivity index (χ2v) is 2.31. The molecule has 4 heteroatoms. The molecule has 0 radical (unpaired) electrons. The minimum absolute atomic E-state index is 0.0593. The Morgan fingerprint density at radius 1 is 1.33 bits per heavy atom. The van der Waals surface area contributed by atoms with Crippen molar-refractivity contribution < 1.29 is 9.59 Å². The van der Waals surface area contributed by atoms with E-state index in [-0.39, 0.29) is 10.8 Å². The van der Waals surface area contributed by atoms with Crippen molar-refractivity contribution >= 4 is 17.8 Å². The van der Waals surface area contributed by atoms with Gasteiger partial charge in [-0.3, -0.25) is 14.4 Å². The van der Waals surface area contributed by atoms with Crippen molar-refractivity contribution in [1.29, 1.82) is 0 Å². The van der Waals surface area contributed by atoms with Gasteiger partial charge >= 0.3 is 0 Å². The lowest BCUT2D eigenvalue weighted by Gasteiger charge is -1.88. The Kier molecular flexibility index (Phi) is 1.85. The monoisotopic (exact) mass is 164 g/mol. The van der Waals surface area contributed by atoms with Crippen molar-refractivity contribution in [2.24, 2.45) is 0 Å². The van der Waals surface area contributed by atoms with Gasteiger partial charge < -0.3 is 0 Å². The Labute approximate surface area is 66.1 Å². The largest absolute Gasteiger partial charge is 0.298 e. The first-order valence-electron chi connectivity index (χ1n) is 3.14. The molecule has 0 aliphatic heterocycles. The molecule has 0 N–H and O–H groups in total. The van der Waals surface area contributed by atoms with Crippen LogP contribution in [0.25, 0.3) is 5.57 Å². The zero-order valence-corrected chi connectivity index (χ0v) is 6.21. The predicted octanol–water partition coefficient (Wildman–Crippen LogP) is -2.84. The summed E-state index contributed by atoms with van der Waals surface area (Å²) in [5.41, 5.74) is -1.30. The van der Waals surface area contributed by atoms with Crippen LogP contribution in [0.4, 0.5) is 0 Å². The van der Waals surface area contributed by atoms with E-state index in [1.54, 1.807) is 0 Å². The van der Waals surface area contributed by atoms with Crippen molar-refractivity contribution in [2.75, 3.05) is 0 Å². The molecule has 0 aliphatic rings. The highest BCUT2D eigenvalue weighted by Gasteiger charge is 2.10. The van der Waals surface area contributed by atoms with Crippen LogP contribution in [0.15, 0.2) is 9.59 Å². The maximum atomic E-state index is 10.9. The molecule has 0 saturated heterocycles. The Bertz CT molecular complexity index is 504. The van der Waals surface area contributed by atoms with Crippen LogP contribution < -0.4 is 21.3 Å². The molecule has 0 amide bonds. The summed E-state index contributed by atoms with van der Waals surface area (Å²) in [6.07, 6.45) is 0.409. The third-order valence-electron chi connectivity index (χ3n) is 1.58. The summed E-state index contributed by atoms with van der Waals surface area (Å²) in [6, 6.07) is 0. The molecule has 0 fully saturated rings. The normalized spacial score (nSPS) is 9.42. The molecule has 0 aliphatic carbocycles. The van der Waals surface area contributed by atoms with Gasteiger partial charge in [0.05, 0.1) is 5.22 Å². The molecule has 1 rings (SSSR count). The summed E-state index contributed by atoms with van der Waals surface area (Å²) < 4.78 is 0. The van der Waals surface area contributed by atoms with Gasteiger partial charge in [0.1, 0.15) is 12.2 Å². The number of carbonyl (C=O) groups excluding carboxylic acids is 2. The number of hydrogen-bond acceptors (Lipinski definition) is 4. The fourth-order valence-corrected chi connectivity index (χ4v) is 0.904. The van der Waals surface area contributed by atoms with E-state index in [0.29, 0.717) is 6.29 Å². The molecule has 0 heterocycles. The van der Waals surface area contributed by atoms with E-state index in [0.717, 1.165) is 0 Å². The van der Waals surface area contributed by atoms with E-state index >= 15 is 0 Å². The SMILES string of the molecule is CC(C=O)=c1c(=O)c(=C=O)c1=O. The van der Waals surface area contributed by atoms with Crippen LogP contribution in [-0.2, 0) is 9.59 Å². The van der Waals surface area contributed by atoms with Gasteiger partial charge in [-0.25, -0.2) is 4.79 Å². The standard InChI is InChI=1S/C8H4O4/c1-4(2-9)6-7(11)5(3-10)8(6)12/h2H,1H3. The van der Waals surface area contributed by atoms with Gasteiger partial charge in [-0.2, -0.15) is 0 Å². The van der Waals surface area contributed by atoms with E-state index in [2.05, 4.69) is 0 Å². The van der Waals surface area contributed by atoms with Crippen molar-refractivity contribution in [3.63, 3.8) is 0 Å². The van der Waals surface area contributed by atoms with Crippen molar-refractivity contribution in [1.82, 2.24) is 0 Å². The predicted molar refractivity (Wildman–Crippen MR) is 40.5 cm³/mol. The molecule has 0 bridgehead atoms. The van der Waals surface area contributed by atoms with Crippen molar-refractivity contribution in [3.8, 4) is 0 Å². The third kappa shape index (κ3) is 0.863. The Morgan fingerprint density at radius 2 is 1.83 bits per heavy atom. The minimum Gasteiger partial charge on any atom is -0.298 e. The smallest absolute Gasteiger partial charge is 0.212 e. The summed E-state index contributed by atoms with van der Waals surface area (Å²) in [6.45, 7) is 1.35. The van der Waals surface area contributed by atoms with Crippen LogP contribution in [0.2, 0.25) is 0 Å². The van der Waals surface area contributed by atoms with Gasteiger partial charge in [-0.15, -0.1) is 0 Å². The first-order valence-corrected chi connectivity index (χ1v) is 3.14. The maximum Gasteiger partial charge on any atom is 0.212 e. The molecule has 0 spiro atoms. The van der Waals surface area contributed by atoms with Gasteiger partial charge in [0.15, 0.2) is 5.22 Å². The van der Waals surface area contributed by atoms with Crippen molar-refractivity contribution in [2.45, 2.75) is 6.92 Å². The highest BCUT2D eigenvalue weighted by Crippen LogP contribution is 1.75. The molecular weight excluding hydrogens is 160 g/mol. The van der Waals surface area contributed by atoms with Gasteiger partial charge in [-0.1, -0.05) is 0 Å².